The van der Waals surface area contributed by atoms with Crippen LogP contribution in [0, 0.1) is 0 Å². The second kappa shape index (κ2) is 9.35. The number of nitrogens with one attached hydrogen (secondary N) is 2. The fourth-order valence-corrected chi connectivity index (χ4v) is 3.00. The summed E-state index contributed by atoms with van der Waals surface area (Å²) in [5.74, 6) is 0.516. The zero-order valence-corrected chi connectivity index (χ0v) is 15.8. The zero-order chi connectivity index (χ0) is 19.0. The predicted molar refractivity (Wildman–Crippen MR) is 101 cm³/mol. The molecule has 2 N–H and O–H groups in total. The Morgan fingerprint density at radius 2 is 1.85 bits per heavy atom. The number of carbonyl (C=O) groups excluding carboxylic acids is 1. The van der Waals surface area contributed by atoms with E-state index in [9.17, 15) is 13.2 Å². The van der Waals surface area contributed by atoms with Crippen LogP contribution < -0.4 is 14.8 Å². The third kappa shape index (κ3) is 5.57. The summed E-state index contributed by atoms with van der Waals surface area (Å²) in [5.41, 5.74) is 1.33. The topological polar surface area (TPSA) is 84.5 Å². The van der Waals surface area contributed by atoms with Crippen molar-refractivity contribution in [2.45, 2.75) is 31.2 Å². The Balaban J connectivity index is 1.95. The summed E-state index contributed by atoms with van der Waals surface area (Å²) in [6.45, 7) is 3.14. The molecule has 0 saturated carbocycles. The van der Waals surface area contributed by atoms with Crippen LogP contribution in [0.1, 0.15) is 35.7 Å². The van der Waals surface area contributed by atoms with Crippen molar-refractivity contribution >= 4 is 15.9 Å². The Hall–Kier alpha value is -2.38. The minimum atomic E-state index is -3.51. The number of carbonyl (C=O) groups is 1. The van der Waals surface area contributed by atoms with E-state index < -0.39 is 10.0 Å². The van der Waals surface area contributed by atoms with Gasteiger partial charge in [0, 0.05) is 12.1 Å². The van der Waals surface area contributed by atoms with Gasteiger partial charge >= 0.3 is 0 Å². The molecule has 26 heavy (non-hydrogen) atoms. The summed E-state index contributed by atoms with van der Waals surface area (Å²) < 4.78 is 31.3. The van der Waals surface area contributed by atoms with E-state index in [1.54, 1.807) is 0 Å². The first-order valence-electron chi connectivity index (χ1n) is 8.50. The minimum absolute atomic E-state index is 0.119. The second-order valence-electron chi connectivity index (χ2n) is 5.76. The summed E-state index contributed by atoms with van der Waals surface area (Å²) in [6, 6.07) is 13.4. The molecule has 0 atom stereocenters. The SMILES string of the molecule is CCCCOc1cccc(CNC(=O)c2ccc(S(=O)(=O)NC)cc2)c1. The molecule has 0 aliphatic heterocycles. The molecule has 2 aromatic rings. The fraction of sp³-hybridized carbons (Fsp3) is 0.316. The summed E-state index contributed by atoms with van der Waals surface area (Å²) in [4.78, 5) is 12.4. The maximum absolute atomic E-state index is 12.2. The molecule has 0 bridgehead atoms. The summed E-state index contributed by atoms with van der Waals surface area (Å²) in [6.07, 6.45) is 2.07. The van der Waals surface area contributed by atoms with Gasteiger partial charge in [-0.05, 0) is 55.4 Å². The molecule has 0 radical (unpaired) electrons. The normalized spacial score (nSPS) is 11.2. The zero-order valence-electron chi connectivity index (χ0n) is 15.0. The van der Waals surface area contributed by atoms with E-state index in [2.05, 4.69) is 17.0 Å². The first-order valence-corrected chi connectivity index (χ1v) is 9.98. The highest BCUT2D eigenvalue weighted by Gasteiger charge is 2.12. The highest BCUT2D eigenvalue weighted by atomic mass is 32.2. The van der Waals surface area contributed by atoms with Crippen LogP contribution in [-0.2, 0) is 16.6 Å². The van der Waals surface area contributed by atoms with Gasteiger partial charge < -0.3 is 10.1 Å². The van der Waals surface area contributed by atoms with Crippen molar-refractivity contribution in [1.29, 1.82) is 0 Å². The van der Waals surface area contributed by atoms with Gasteiger partial charge in [-0.15, -0.1) is 0 Å². The largest absolute Gasteiger partial charge is 0.494 e. The lowest BCUT2D eigenvalue weighted by atomic mass is 10.2. The molecule has 0 aliphatic rings. The minimum Gasteiger partial charge on any atom is -0.494 e. The Morgan fingerprint density at radius 1 is 1.12 bits per heavy atom. The van der Waals surface area contributed by atoms with E-state index in [0.29, 0.717) is 18.7 Å². The highest BCUT2D eigenvalue weighted by Crippen LogP contribution is 2.14. The van der Waals surface area contributed by atoms with Crippen molar-refractivity contribution in [2.75, 3.05) is 13.7 Å². The number of unbranched alkanes of at least 4 members (excludes halogenated alkanes) is 1. The molecule has 0 aliphatic carbocycles. The van der Waals surface area contributed by atoms with Crippen LogP contribution in [0.2, 0.25) is 0 Å². The van der Waals surface area contributed by atoms with E-state index in [1.807, 2.05) is 24.3 Å². The van der Waals surface area contributed by atoms with E-state index >= 15 is 0 Å². The third-order valence-electron chi connectivity index (χ3n) is 3.81. The average molecular weight is 376 g/mol. The number of rotatable bonds is 9. The quantitative estimate of drug-likeness (QED) is 0.659. The molecule has 1 amide bonds. The smallest absolute Gasteiger partial charge is 0.251 e. The molecule has 0 fully saturated rings. The lowest BCUT2D eigenvalue weighted by Crippen LogP contribution is -2.23. The maximum atomic E-state index is 12.2. The lowest BCUT2D eigenvalue weighted by molar-refractivity contribution is 0.0950. The highest BCUT2D eigenvalue weighted by molar-refractivity contribution is 7.89. The van der Waals surface area contributed by atoms with Crippen LogP contribution in [-0.4, -0.2) is 28.0 Å². The van der Waals surface area contributed by atoms with Crippen molar-refractivity contribution < 1.29 is 17.9 Å². The Labute approximate surface area is 154 Å². The van der Waals surface area contributed by atoms with Crippen molar-refractivity contribution in [3.63, 3.8) is 0 Å². The van der Waals surface area contributed by atoms with Crippen molar-refractivity contribution in [1.82, 2.24) is 10.0 Å². The lowest BCUT2D eigenvalue weighted by Gasteiger charge is -2.09. The van der Waals surface area contributed by atoms with Crippen LogP contribution in [0.3, 0.4) is 0 Å². The van der Waals surface area contributed by atoms with Crippen LogP contribution in [0.5, 0.6) is 5.75 Å². The second-order valence-corrected chi connectivity index (χ2v) is 7.65. The first kappa shape index (κ1) is 19.9. The van der Waals surface area contributed by atoms with Crippen LogP contribution >= 0.6 is 0 Å². The van der Waals surface area contributed by atoms with Gasteiger partial charge in [-0.2, -0.15) is 0 Å². The molecule has 140 valence electrons. The molecule has 7 heteroatoms. The van der Waals surface area contributed by atoms with Gasteiger partial charge in [-0.1, -0.05) is 25.5 Å². The number of hydrogen-bond acceptors (Lipinski definition) is 4. The molecule has 0 saturated heterocycles. The van der Waals surface area contributed by atoms with Gasteiger partial charge in [-0.3, -0.25) is 4.79 Å². The standard InChI is InChI=1S/C19H24N2O4S/c1-3-4-12-25-17-7-5-6-15(13-17)14-21-19(22)16-8-10-18(11-9-16)26(23,24)20-2/h5-11,13,20H,3-4,12,14H2,1-2H3,(H,21,22). The van der Waals surface area contributed by atoms with Crippen molar-refractivity contribution in [2.24, 2.45) is 0 Å². The molecule has 6 nitrogen and oxygen atoms in total. The van der Waals surface area contributed by atoms with Gasteiger partial charge in [0.05, 0.1) is 11.5 Å². The Kier molecular flexibility index (Phi) is 7.17. The van der Waals surface area contributed by atoms with E-state index in [4.69, 9.17) is 4.74 Å². The van der Waals surface area contributed by atoms with Crippen molar-refractivity contribution in [3.05, 3.63) is 59.7 Å². The summed E-state index contributed by atoms with van der Waals surface area (Å²) in [7, 11) is -2.16. The fourth-order valence-electron chi connectivity index (χ4n) is 2.27. The van der Waals surface area contributed by atoms with Crippen molar-refractivity contribution in [3.8, 4) is 5.75 Å². The molecular weight excluding hydrogens is 352 g/mol. The van der Waals surface area contributed by atoms with Gasteiger partial charge in [0.25, 0.3) is 5.91 Å². The maximum Gasteiger partial charge on any atom is 0.251 e. The molecule has 2 aromatic carbocycles. The molecular formula is C19H24N2O4S. The number of amides is 1. The summed E-state index contributed by atoms with van der Waals surface area (Å²) >= 11 is 0. The van der Waals surface area contributed by atoms with E-state index in [1.165, 1.54) is 31.3 Å². The van der Waals surface area contributed by atoms with Crippen LogP contribution in [0.25, 0.3) is 0 Å². The Morgan fingerprint density at radius 3 is 2.50 bits per heavy atom. The number of benzene rings is 2. The van der Waals surface area contributed by atoms with Crippen LogP contribution in [0.15, 0.2) is 53.4 Å². The third-order valence-corrected chi connectivity index (χ3v) is 5.24. The van der Waals surface area contributed by atoms with E-state index in [-0.39, 0.29) is 10.8 Å². The van der Waals surface area contributed by atoms with Gasteiger partial charge in [-0.25, -0.2) is 13.1 Å². The molecule has 0 unspecified atom stereocenters. The Bertz CT molecular complexity index is 833. The summed E-state index contributed by atoms with van der Waals surface area (Å²) in [5, 5.41) is 2.82. The first-order chi connectivity index (χ1) is 12.5. The molecule has 2 rings (SSSR count). The van der Waals surface area contributed by atoms with Gasteiger partial charge in [0.2, 0.25) is 10.0 Å². The molecule has 0 aromatic heterocycles. The number of sulfonamides is 1. The van der Waals surface area contributed by atoms with Gasteiger partial charge in [0.15, 0.2) is 0 Å². The van der Waals surface area contributed by atoms with Crippen LogP contribution in [0.4, 0.5) is 0 Å². The average Bonchev–Trinajstić information content (AvgIpc) is 2.67. The predicted octanol–water partition coefficient (Wildman–Crippen LogP) is 2.70. The monoisotopic (exact) mass is 376 g/mol. The molecule has 0 heterocycles. The van der Waals surface area contributed by atoms with Gasteiger partial charge in [0.1, 0.15) is 5.75 Å². The number of hydrogen-bond donors (Lipinski definition) is 2. The van der Waals surface area contributed by atoms with E-state index in [0.717, 1.165) is 24.2 Å². The molecule has 0 spiro atoms. The number of ether oxygens (including phenoxy) is 1.